The lowest BCUT2D eigenvalue weighted by Gasteiger charge is -2.20. The summed E-state index contributed by atoms with van der Waals surface area (Å²) in [5, 5.41) is 14.1. The number of nitrogens with zero attached hydrogens (tertiary/aromatic N) is 2. The van der Waals surface area contributed by atoms with Gasteiger partial charge in [-0.15, -0.1) is 0 Å². The molecule has 0 fully saturated rings. The minimum Gasteiger partial charge on any atom is -0.480 e. The molecular weight excluding hydrogens is 516 g/mol. The van der Waals surface area contributed by atoms with Crippen molar-refractivity contribution in [2.24, 2.45) is 0 Å². The first-order chi connectivity index (χ1) is 18.9. The van der Waals surface area contributed by atoms with Gasteiger partial charge < -0.3 is 25.2 Å². The number of carbonyl (C=O) groups is 4. The van der Waals surface area contributed by atoms with Gasteiger partial charge in [-0.3, -0.25) is 9.59 Å². The van der Waals surface area contributed by atoms with Gasteiger partial charge in [-0.25, -0.2) is 19.1 Å². The highest BCUT2D eigenvalue weighted by atomic mass is 16.6. The van der Waals surface area contributed by atoms with Crippen LogP contribution in [0.25, 0.3) is 11.1 Å². The predicted octanol–water partition coefficient (Wildman–Crippen LogP) is 3.71. The largest absolute Gasteiger partial charge is 0.480 e. The van der Waals surface area contributed by atoms with E-state index in [-0.39, 0.29) is 18.9 Å². The van der Waals surface area contributed by atoms with Crippen molar-refractivity contribution in [1.29, 1.82) is 0 Å². The second kappa shape index (κ2) is 11.6. The van der Waals surface area contributed by atoms with Crippen molar-refractivity contribution < 1.29 is 33.8 Å². The first-order valence-corrected chi connectivity index (χ1v) is 12.8. The molecule has 1 heterocycles. The number of amides is 2. The van der Waals surface area contributed by atoms with E-state index in [0.717, 1.165) is 26.8 Å². The van der Waals surface area contributed by atoms with Crippen LogP contribution in [-0.4, -0.2) is 63.0 Å². The van der Waals surface area contributed by atoms with Gasteiger partial charge in [0, 0.05) is 18.5 Å². The third kappa shape index (κ3) is 6.66. The highest BCUT2D eigenvalue weighted by Gasteiger charge is 2.31. The number of hydrogen-bond donors (Lipinski definition) is 3. The van der Waals surface area contributed by atoms with E-state index >= 15 is 0 Å². The molecule has 3 N–H and O–H groups in total. The summed E-state index contributed by atoms with van der Waals surface area (Å²) < 4.78 is 12.0. The summed E-state index contributed by atoms with van der Waals surface area (Å²) in [4.78, 5) is 53.6. The molecule has 1 aromatic heterocycles. The average molecular weight is 549 g/mol. The van der Waals surface area contributed by atoms with Crippen LogP contribution in [-0.2, 0) is 25.5 Å². The van der Waals surface area contributed by atoms with E-state index in [0.29, 0.717) is 5.69 Å². The summed E-state index contributed by atoms with van der Waals surface area (Å²) in [6, 6.07) is 13.4. The van der Waals surface area contributed by atoms with E-state index in [1.54, 1.807) is 20.8 Å². The molecule has 1 aliphatic carbocycles. The number of nitrogens with one attached hydrogen (secondary N) is 2. The lowest BCUT2D eigenvalue weighted by Crippen LogP contribution is -2.52. The fourth-order valence-corrected chi connectivity index (χ4v) is 4.46. The van der Waals surface area contributed by atoms with Gasteiger partial charge in [0.1, 0.15) is 30.6 Å². The van der Waals surface area contributed by atoms with Crippen LogP contribution in [0.5, 0.6) is 0 Å². The molecule has 0 saturated carbocycles. The van der Waals surface area contributed by atoms with E-state index in [1.807, 2.05) is 48.5 Å². The highest BCUT2D eigenvalue weighted by Crippen LogP contribution is 2.44. The Bertz CT molecular complexity index is 1380. The quantitative estimate of drug-likeness (QED) is 0.386. The lowest BCUT2D eigenvalue weighted by molar-refractivity contribution is -0.141. The number of benzene rings is 2. The van der Waals surface area contributed by atoms with Crippen molar-refractivity contribution in [3.63, 3.8) is 0 Å². The number of aliphatic carboxylic acids is 1. The molecule has 0 spiro atoms. The zero-order chi connectivity index (χ0) is 29.0. The van der Waals surface area contributed by atoms with Crippen molar-refractivity contribution >= 4 is 24.1 Å². The Morgan fingerprint density at radius 3 is 2.17 bits per heavy atom. The number of carbonyl (C=O) groups excluding carboxylic acids is 3. The summed E-state index contributed by atoms with van der Waals surface area (Å²) in [5.74, 6) is -2.15. The maximum Gasteiger partial charge on any atom is 0.419 e. The smallest absolute Gasteiger partial charge is 0.419 e. The summed E-state index contributed by atoms with van der Waals surface area (Å²) in [7, 11) is 0. The number of hydrogen-bond acceptors (Lipinski definition) is 7. The number of ether oxygens (including phenoxy) is 2. The molecule has 11 heteroatoms. The van der Waals surface area contributed by atoms with E-state index in [9.17, 15) is 24.3 Å². The van der Waals surface area contributed by atoms with Crippen molar-refractivity contribution in [1.82, 2.24) is 20.2 Å². The fourth-order valence-electron chi connectivity index (χ4n) is 4.46. The zero-order valence-electron chi connectivity index (χ0n) is 22.7. The van der Waals surface area contributed by atoms with Crippen molar-refractivity contribution in [2.75, 3.05) is 6.61 Å². The van der Waals surface area contributed by atoms with E-state index in [4.69, 9.17) is 9.47 Å². The molecule has 210 valence electrons. The first-order valence-electron chi connectivity index (χ1n) is 12.8. The minimum absolute atomic E-state index is 0.0347. The molecule has 4 rings (SSSR count). The molecule has 0 bridgehead atoms. The van der Waals surface area contributed by atoms with Crippen LogP contribution in [0.3, 0.4) is 0 Å². The number of aromatic nitrogens is 2. The van der Waals surface area contributed by atoms with Gasteiger partial charge >= 0.3 is 18.2 Å². The normalized spacial score (nSPS) is 13.9. The third-order valence-electron chi connectivity index (χ3n) is 6.34. The van der Waals surface area contributed by atoms with Crippen LogP contribution >= 0.6 is 0 Å². The van der Waals surface area contributed by atoms with Gasteiger partial charge in [0.05, 0.1) is 5.69 Å². The molecule has 0 radical (unpaired) electrons. The Hall–Kier alpha value is -4.67. The molecule has 40 heavy (non-hydrogen) atoms. The molecule has 2 aromatic carbocycles. The first kappa shape index (κ1) is 28.3. The summed E-state index contributed by atoms with van der Waals surface area (Å²) >= 11 is 0. The van der Waals surface area contributed by atoms with Crippen LogP contribution in [0.15, 0.2) is 61.1 Å². The SMILES string of the molecule is C[C@H](NC(=O)[C@H](Cc1cn(C(=O)OC(C)(C)C)cn1)NC(=O)OCC1c2ccccc2-c2ccccc21)C(=O)O. The van der Waals surface area contributed by atoms with Gasteiger partial charge in [-0.2, -0.15) is 0 Å². The summed E-state index contributed by atoms with van der Waals surface area (Å²) in [5.41, 5.74) is 3.80. The third-order valence-corrected chi connectivity index (χ3v) is 6.34. The van der Waals surface area contributed by atoms with Crippen molar-refractivity contribution in [3.8, 4) is 11.1 Å². The minimum atomic E-state index is -1.23. The standard InChI is InChI=1S/C29H32N4O7/c1-17(26(35)36)31-25(34)24(13-18-14-33(16-30-18)28(38)40-29(2,3)4)32-27(37)39-15-23-21-11-7-5-9-19(21)20-10-6-8-12-22(20)23/h5-12,14,16-17,23-24H,13,15H2,1-4H3,(H,31,34)(H,32,37)(H,35,36)/t17-,24-/m0/s1. The fraction of sp³-hybridized carbons (Fsp3) is 0.345. The van der Waals surface area contributed by atoms with Gasteiger partial charge in [0.15, 0.2) is 0 Å². The highest BCUT2D eigenvalue weighted by molar-refractivity contribution is 5.89. The Kier molecular flexibility index (Phi) is 8.22. The Balaban J connectivity index is 1.46. The number of carboxylic acids is 1. The van der Waals surface area contributed by atoms with E-state index in [1.165, 1.54) is 19.4 Å². The second-order valence-corrected chi connectivity index (χ2v) is 10.5. The molecular formula is C29H32N4O7. The van der Waals surface area contributed by atoms with E-state index < -0.39 is 41.7 Å². The van der Waals surface area contributed by atoms with Gasteiger partial charge in [-0.05, 0) is 49.9 Å². The summed E-state index contributed by atoms with van der Waals surface area (Å²) in [6.45, 7) is 6.52. The number of imidazole rings is 1. The Morgan fingerprint density at radius 1 is 1.00 bits per heavy atom. The number of fused-ring (bicyclic) bond motifs is 3. The summed E-state index contributed by atoms with van der Waals surface area (Å²) in [6.07, 6.45) is 0.991. The van der Waals surface area contributed by atoms with Gasteiger partial charge in [0.25, 0.3) is 0 Å². The Morgan fingerprint density at radius 2 is 1.60 bits per heavy atom. The molecule has 11 nitrogen and oxygen atoms in total. The molecule has 0 unspecified atom stereocenters. The van der Waals surface area contributed by atoms with Crippen LogP contribution in [0.1, 0.15) is 50.4 Å². The van der Waals surface area contributed by atoms with Crippen LogP contribution < -0.4 is 10.6 Å². The number of carboxylic acid groups (broad SMARTS) is 1. The van der Waals surface area contributed by atoms with Gasteiger partial charge in [-0.1, -0.05) is 48.5 Å². The molecule has 0 saturated heterocycles. The monoisotopic (exact) mass is 548 g/mol. The number of alkyl carbamates (subject to hydrolysis) is 1. The maximum atomic E-state index is 12.9. The maximum absolute atomic E-state index is 12.9. The zero-order valence-corrected chi connectivity index (χ0v) is 22.7. The van der Waals surface area contributed by atoms with Crippen LogP contribution in [0.4, 0.5) is 9.59 Å². The topological polar surface area (TPSA) is 149 Å². The second-order valence-electron chi connectivity index (χ2n) is 10.5. The van der Waals surface area contributed by atoms with Crippen molar-refractivity contribution in [2.45, 2.75) is 57.7 Å². The number of rotatable bonds is 8. The molecule has 1 aliphatic rings. The molecule has 2 amide bonds. The van der Waals surface area contributed by atoms with Gasteiger partial charge in [0.2, 0.25) is 5.91 Å². The van der Waals surface area contributed by atoms with Crippen LogP contribution in [0.2, 0.25) is 0 Å². The molecule has 3 aromatic rings. The molecule has 2 atom stereocenters. The lowest BCUT2D eigenvalue weighted by atomic mass is 9.98. The average Bonchev–Trinajstić information content (AvgIpc) is 3.49. The van der Waals surface area contributed by atoms with E-state index in [2.05, 4.69) is 15.6 Å². The molecule has 0 aliphatic heterocycles. The Labute approximate surface area is 231 Å². The van der Waals surface area contributed by atoms with Crippen LogP contribution in [0, 0.1) is 0 Å². The van der Waals surface area contributed by atoms with Crippen molar-refractivity contribution in [3.05, 3.63) is 77.9 Å². The predicted molar refractivity (Wildman–Crippen MR) is 145 cm³/mol.